The molecule has 0 spiro atoms. The molecule has 0 aliphatic carbocycles. The van der Waals surface area contributed by atoms with Crippen molar-refractivity contribution < 1.29 is 0 Å². The number of aliphatic imine (C=N–C) groups is 1. The first-order chi connectivity index (χ1) is 7.27. The van der Waals surface area contributed by atoms with Crippen LogP contribution in [0.15, 0.2) is 28.1 Å². The van der Waals surface area contributed by atoms with Gasteiger partial charge in [0.05, 0.1) is 12.3 Å². The Morgan fingerprint density at radius 3 is 3.13 bits per heavy atom. The molecule has 1 aromatic carbocycles. The number of thioether (sulfide) groups is 1. The first-order valence-corrected chi connectivity index (χ1v) is 6.29. The lowest BCUT2D eigenvalue weighted by Crippen LogP contribution is -2.20. The minimum absolute atomic E-state index is 0.835. The van der Waals surface area contributed by atoms with E-state index in [2.05, 4.69) is 23.3 Å². The topological polar surface area (TPSA) is 24.4 Å². The molecule has 0 saturated carbocycles. The third-order valence-corrected chi connectivity index (χ3v) is 3.91. The summed E-state index contributed by atoms with van der Waals surface area (Å²) in [7, 11) is 0. The Kier molecular flexibility index (Phi) is 3.54. The molecule has 80 valence electrons. The summed E-state index contributed by atoms with van der Waals surface area (Å²) in [5.74, 6) is 2.00. The Hall–Kier alpha value is -0.670. The number of hydrogen-bond acceptors (Lipinski definition) is 3. The maximum atomic E-state index is 6.05. The minimum atomic E-state index is 0.835. The lowest BCUT2D eigenvalue weighted by atomic mass is 10.2. The highest BCUT2D eigenvalue weighted by Crippen LogP contribution is 2.27. The molecule has 2 rings (SSSR count). The van der Waals surface area contributed by atoms with Gasteiger partial charge in [0.25, 0.3) is 0 Å². The highest BCUT2D eigenvalue weighted by Gasteiger charge is 2.07. The Bertz CT molecular complexity index is 390. The van der Waals surface area contributed by atoms with E-state index in [1.807, 2.05) is 12.1 Å². The van der Waals surface area contributed by atoms with Gasteiger partial charge in [0.1, 0.15) is 5.84 Å². The highest BCUT2D eigenvalue weighted by molar-refractivity contribution is 8.00. The first kappa shape index (κ1) is 10.8. The molecule has 0 fully saturated rings. The van der Waals surface area contributed by atoms with Gasteiger partial charge in [-0.25, -0.2) is 0 Å². The Balaban J connectivity index is 2.01. The predicted octanol–water partition coefficient (Wildman–Crippen LogP) is 2.74. The van der Waals surface area contributed by atoms with Gasteiger partial charge in [0, 0.05) is 16.5 Å². The van der Waals surface area contributed by atoms with E-state index < -0.39 is 0 Å². The SMILES string of the molecule is Cc1c(Cl)cccc1SCC1=NCCN1. The second kappa shape index (κ2) is 4.90. The second-order valence-corrected chi connectivity index (χ2v) is 4.83. The van der Waals surface area contributed by atoms with E-state index in [1.165, 1.54) is 4.90 Å². The standard InChI is InChI=1S/C11H13ClN2S/c1-8-9(12)3-2-4-10(8)15-7-11-13-5-6-14-11/h2-4H,5-7H2,1H3,(H,13,14). The lowest BCUT2D eigenvalue weighted by molar-refractivity contribution is 0.959. The number of hydrogen-bond donors (Lipinski definition) is 1. The number of nitrogens with zero attached hydrogens (tertiary/aromatic N) is 1. The summed E-state index contributed by atoms with van der Waals surface area (Å²) in [5.41, 5.74) is 1.16. The average molecular weight is 241 g/mol. The molecule has 0 aromatic heterocycles. The summed E-state index contributed by atoms with van der Waals surface area (Å²) in [6, 6.07) is 6.01. The van der Waals surface area contributed by atoms with E-state index in [9.17, 15) is 0 Å². The van der Waals surface area contributed by atoms with Crippen LogP contribution in [0.25, 0.3) is 0 Å². The molecule has 1 aromatic rings. The van der Waals surface area contributed by atoms with Crippen molar-refractivity contribution in [3.63, 3.8) is 0 Å². The molecule has 0 bridgehead atoms. The number of benzene rings is 1. The van der Waals surface area contributed by atoms with Crippen molar-refractivity contribution in [1.82, 2.24) is 5.32 Å². The summed E-state index contributed by atoms with van der Waals surface area (Å²) >= 11 is 7.83. The van der Waals surface area contributed by atoms with Gasteiger partial charge in [0.15, 0.2) is 0 Å². The molecule has 15 heavy (non-hydrogen) atoms. The van der Waals surface area contributed by atoms with Gasteiger partial charge in [0.2, 0.25) is 0 Å². The summed E-state index contributed by atoms with van der Waals surface area (Å²) in [6.07, 6.45) is 0. The van der Waals surface area contributed by atoms with Crippen molar-refractivity contribution in [3.8, 4) is 0 Å². The zero-order chi connectivity index (χ0) is 10.7. The molecule has 0 saturated heterocycles. The molecule has 2 nitrogen and oxygen atoms in total. The smallest absolute Gasteiger partial charge is 0.107 e. The van der Waals surface area contributed by atoms with Crippen LogP contribution in [0.4, 0.5) is 0 Å². The van der Waals surface area contributed by atoms with Crippen LogP contribution in [0.3, 0.4) is 0 Å². The van der Waals surface area contributed by atoms with Crippen LogP contribution >= 0.6 is 23.4 Å². The fourth-order valence-corrected chi connectivity index (χ4v) is 2.65. The van der Waals surface area contributed by atoms with E-state index in [0.29, 0.717) is 0 Å². The van der Waals surface area contributed by atoms with Gasteiger partial charge >= 0.3 is 0 Å². The summed E-state index contributed by atoms with van der Waals surface area (Å²) < 4.78 is 0. The molecule has 1 N–H and O–H groups in total. The Labute approximate surface area is 99.1 Å². The van der Waals surface area contributed by atoms with Crippen LogP contribution in [-0.2, 0) is 0 Å². The predicted molar refractivity (Wildman–Crippen MR) is 67.2 cm³/mol. The van der Waals surface area contributed by atoms with Gasteiger partial charge in [-0.15, -0.1) is 11.8 Å². The lowest BCUT2D eigenvalue weighted by Gasteiger charge is -2.07. The van der Waals surface area contributed by atoms with Gasteiger partial charge in [-0.3, -0.25) is 4.99 Å². The second-order valence-electron chi connectivity index (χ2n) is 3.41. The molecular formula is C11H13ClN2S. The Morgan fingerprint density at radius 2 is 2.40 bits per heavy atom. The van der Waals surface area contributed by atoms with Crippen molar-refractivity contribution >= 4 is 29.2 Å². The molecule has 4 heteroatoms. The molecule has 0 amide bonds. The number of nitrogens with one attached hydrogen (secondary N) is 1. The van der Waals surface area contributed by atoms with Crippen molar-refractivity contribution in [1.29, 1.82) is 0 Å². The monoisotopic (exact) mass is 240 g/mol. The molecule has 1 aliphatic heterocycles. The van der Waals surface area contributed by atoms with Crippen LogP contribution in [0.1, 0.15) is 5.56 Å². The highest BCUT2D eigenvalue weighted by atomic mass is 35.5. The van der Waals surface area contributed by atoms with E-state index in [0.717, 1.165) is 35.3 Å². The maximum absolute atomic E-state index is 6.05. The van der Waals surface area contributed by atoms with Gasteiger partial charge in [-0.2, -0.15) is 0 Å². The zero-order valence-corrected chi connectivity index (χ0v) is 10.2. The quantitative estimate of drug-likeness (QED) is 0.822. The molecule has 0 unspecified atom stereocenters. The van der Waals surface area contributed by atoms with E-state index >= 15 is 0 Å². The fraction of sp³-hybridized carbons (Fsp3) is 0.364. The summed E-state index contributed by atoms with van der Waals surface area (Å²) in [4.78, 5) is 5.59. The normalized spacial score (nSPS) is 14.9. The van der Waals surface area contributed by atoms with Crippen LogP contribution in [0, 0.1) is 6.92 Å². The van der Waals surface area contributed by atoms with Gasteiger partial charge in [-0.1, -0.05) is 17.7 Å². The van der Waals surface area contributed by atoms with E-state index in [-0.39, 0.29) is 0 Å². The largest absolute Gasteiger partial charge is 0.371 e. The van der Waals surface area contributed by atoms with Gasteiger partial charge < -0.3 is 5.32 Å². The average Bonchev–Trinajstić information content (AvgIpc) is 2.73. The summed E-state index contributed by atoms with van der Waals surface area (Å²) in [5, 5.41) is 4.09. The van der Waals surface area contributed by atoms with Crippen LogP contribution in [0.5, 0.6) is 0 Å². The van der Waals surface area contributed by atoms with Crippen molar-refractivity contribution in [2.45, 2.75) is 11.8 Å². The third-order valence-electron chi connectivity index (χ3n) is 2.33. The summed E-state index contributed by atoms with van der Waals surface area (Å²) in [6.45, 7) is 3.93. The van der Waals surface area contributed by atoms with Crippen molar-refractivity contribution in [2.75, 3.05) is 18.8 Å². The third kappa shape index (κ3) is 2.67. The molecule has 1 heterocycles. The Morgan fingerprint density at radius 1 is 1.53 bits per heavy atom. The maximum Gasteiger partial charge on any atom is 0.107 e. The molecule has 0 radical (unpaired) electrons. The van der Waals surface area contributed by atoms with Crippen LogP contribution < -0.4 is 5.32 Å². The van der Waals surface area contributed by atoms with E-state index in [1.54, 1.807) is 11.8 Å². The van der Waals surface area contributed by atoms with Crippen molar-refractivity contribution in [3.05, 3.63) is 28.8 Å². The minimum Gasteiger partial charge on any atom is -0.371 e. The molecule has 1 aliphatic rings. The number of rotatable bonds is 3. The molecular weight excluding hydrogens is 228 g/mol. The van der Waals surface area contributed by atoms with Crippen LogP contribution in [0.2, 0.25) is 5.02 Å². The number of amidine groups is 1. The number of halogens is 1. The van der Waals surface area contributed by atoms with Crippen molar-refractivity contribution in [2.24, 2.45) is 4.99 Å². The van der Waals surface area contributed by atoms with E-state index in [4.69, 9.17) is 11.6 Å². The fourth-order valence-electron chi connectivity index (χ4n) is 1.43. The van der Waals surface area contributed by atoms with Gasteiger partial charge in [-0.05, 0) is 24.6 Å². The molecule has 0 atom stereocenters. The van der Waals surface area contributed by atoms with Crippen LogP contribution in [-0.4, -0.2) is 24.7 Å². The zero-order valence-electron chi connectivity index (χ0n) is 8.59. The first-order valence-electron chi connectivity index (χ1n) is 4.92.